The molecular formula is C19H19F2N5O3. The number of rotatable bonds is 7. The highest BCUT2D eigenvalue weighted by atomic mass is 19.3. The van der Waals surface area contributed by atoms with E-state index in [0.717, 1.165) is 5.56 Å². The molecule has 3 N–H and O–H groups in total. The van der Waals surface area contributed by atoms with E-state index in [1.54, 1.807) is 6.92 Å². The molecule has 8 nitrogen and oxygen atoms in total. The third-order valence-electron chi connectivity index (χ3n) is 3.92. The molecule has 0 aliphatic rings. The first-order chi connectivity index (χ1) is 14.0. The number of nitrogens with zero attached hydrogens (tertiary/aromatic N) is 2. The van der Waals surface area contributed by atoms with Crippen molar-refractivity contribution in [3.05, 3.63) is 65.7 Å². The highest BCUT2D eigenvalue weighted by Gasteiger charge is 2.21. The molecule has 1 atom stereocenters. The standard InChI is InChI=1S/C19H19F2N5O3/c1-11-22-17(26-25-11)16(12-6-4-3-5-7-12)24-19(27)23-13-8-9-14(28-2)15(10-13)29-18(20)21/h3-10,16,18H,1-2H3,(H,22,25,26)(H2,23,24,27). The van der Waals surface area contributed by atoms with Crippen molar-refractivity contribution >= 4 is 11.7 Å². The first-order valence-electron chi connectivity index (χ1n) is 8.60. The van der Waals surface area contributed by atoms with E-state index in [9.17, 15) is 13.6 Å². The average molecular weight is 403 g/mol. The van der Waals surface area contributed by atoms with Crippen LogP contribution in [0.3, 0.4) is 0 Å². The smallest absolute Gasteiger partial charge is 0.387 e. The zero-order valence-electron chi connectivity index (χ0n) is 15.6. The van der Waals surface area contributed by atoms with Gasteiger partial charge in [-0.05, 0) is 24.6 Å². The Labute approximate surface area is 165 Å². The van der Waals surface area contributed by atoms with Crippen LogP contribution in [0.15, 0.2) is 48.5 Å². The van der Waals surface area contributed by atoms with Crippen LogP contribution in [-0.2, 0) is 0 Å². The summed E-state index contributed by atoms with van der Waals surface area (Å²) in [5.41, 5.74) is 1.02. The number of alkyl halides is 2. The maximum Gasteiger partial charge on any atom is 0.387 e. The van der Waals surface area contributed by atoms with Gasteiger partial charge < -0.3 is 20.1 Å². The number of halogens is 2. The van der Waals surface area contributed by atoms with Gasteiger partial charge in [-0.2, -0.15) is 13.9 Å². The monoisotopic (exact) mass is 403 g/mol. The van der Waals surface area contributed by atoms with Crippen LogP contribution >= 0.6 is 0 Å². The van der Waals surface area contributed by atoms with Crippen LogP contribution in [0.1, 0.15) is 23.3 Å². The Bertz CT molecular complexity index is 965. The summed E-state index contributed by atoms with van der Waals surface area (Å²) >= 11 is 0. The van der Waals surface area contributed by atoms with E-state index in [-0.39, 0.29) is 17.2 Å². The number of hydrogen-bond acceptors (Lipinski definition) is 5. The van der Waals surface area contributed by atoms with Crippen molar-refractivity contribution in [3.8, 4) is 11.5 Å². The van der Waals surface area contributed by atoms with Gasteiger partial charge in [0.05, 0.1) is 7.11 Å². The Balaban J connectivity index is 1.78. The number of ether oxygens (including phenoxy) is 2. The summed E-state index contributed by atoms with van der Waals surface area (Å²) in [6.45, 7) is -1.27. The second-order valence-electron chi connectivity index (χ2n) is 5.97. The van der Waals surface area contributed by atoms with Gasteiger partial charge in [-0.25, -0.2) is 9.78 Å². The number of anilines is 1. The zero-order valence-corrected chi connectivity index (χ0v) is 15.6. The Morgan fingerprint density at radius 2 is 1.90 bits per heavy atom. The molecule has 0 fully saturated rings. The first-order valence-corrected chi connectivity index (χ1v) is 8.60. The highest BCUT2D eigenvalue weighted by Crippen LogP contribution is 2.31. The van der Waals surface area contributed by atoms with Crippen LogP contribution in [0.25, 0.3) is 0 Å². The summed E-state index contributed by atoms with van der Waals surface area (Å²) in [7, 11) is 1.33. The molecule has 0 saturated carbocycles. The van der Waals surface area contributed by atoms with Crippen molar-refractivity contribution < 1.29 is 23.0 Å². The number of urea groups is 1. The molecule has 3 aromatic rings. The van der Waals surface area contributed by atoms with Crippen molar-refractivity contribution in [2.45, 2.75) is 19.6 Å². The Kier molecular flexibility index (Phi) is 6.22. The van der Waals surface area contributed by atoms with Gasteiger partial charge in [-0.3, -0.25) is 5.10 Å². The molecule has 0 aliphatic carbocycles. The number of nitrogens with one attached hydrogen (secondary N) is 3. The number of amides is 2. The summed E-state index contributed by atoms with van der Waals surface area (Å²) < 4.78 is 34.6. The minimum absolute atomic E-state index is 0.120. The fraction of sp³-hybridized carbons (Fsp3) is 0.211. The van der Waals surface area contributed by atoms with E-state index in [0.29, 0.717) is 11.6 Å². The molecule has 1 unspecified atom stereocenters. The fourth-order valence-corrected chi connectivity index (χ4v) is 2.67. The second-order valence-corrected chi connectivity index (χ2v) is 5.97. The summed E-state index contributed by atoms with van der Waals surface area (Å²) in [6.07, 6.45) is 0. The predicted molar refractivity (Wildman–Crippen MR) is 101 cm³/mol. The van der Waals surface area contributed by atoms with Crippen LogP contribution in [0, 0.1) is 6.92 Å². The molecule has 0 radical (unpaired) electrons. The lowest BCUT2D eigenvalue weighted by atomic mass is 10.1. The molecule has 0 spiro atoms. The van der Waals surface area contributed by atoms with Gasteiger partial charge in [-0.1, -0.05) is 30.3 Å². The van der Waals surface area contributed by atoms with E-state index in [4.69, 9.17) is 4.74 Å². The second kappa shape index (κ2) is 9.00. The molecule has 29 heavy (non-hydrogen) atoms. The Morgan fingerprint density at radius 3 is 2.52 bits per heavy atom. The van der Waals surface area contributed by atoms with Crippen molar-refractivity contribution in [2.75, 3.05) is 12.4 Å². The molecule has 1 heterocycles. The number of H-pyrrole nitrogens is 1. The third kappa shape index (κ3) is 5.18. The van der Waals surface area contributed by atoms with E-state index in [1.807, 2.05) is 30.3 Å². The average Bonchev–Trinajstić information content (AvgIpc) is 3.12. The third-order valence-corrected chi connectivity index (χ3v) is 3.92. The number of carbonyl (C=O) groups is 1. The lowest BCUT2D eigenvalue weighted by Crippen LogP contribution is -2.33. The highest BCUT2D eigenvalue weighted by molar-refractivity contribution is 5.90. The Hall–Kier alpha value is -3.69. The van der Waals surface area contributed by atoms with Gasteiger partial charge in [0.1, 0.15) is 11.9 Å². The maximum atomic E-state index is 12.6. The molecule has 152 valence electrons. The van der Waals surface area contributed by atoms with Crippen molar-refractivity contribution in [3.63, 3.8) is 0 Å². The topological polar surface area (TPSA) is 101 Å². The summed E-state index contributed by atoms with van der Waals surface area (Å²) in [5.74, 6) is 0.923. The normalized spacial score (nSPS) is 11.8. The molecule has 2 amide bonds. The molecule has 0 aliphatic heterocycles. The van der Waals surface area contributed by atoms with Gasteiger partial charge in [0.2, 0.25) is 0 Å². The molecule has 2 aromatic carbocycles. The number of methoxy groups -OCH3 is 1. The summed E-state index contributed by atoms with van der Waals surface area (Å²) in [5, 5.41) is 12.2. The van der Waals surface area contributed by atoms with Crippen LogP contribution in [0.4, 0.5) is 19.3 Å². The largest absolute Gasteiger partial charge is 0.493 e. The quantitative estimate of drug-likeness (QED) is 0.559. The molecule has 0 saturated heterocycles. The summed E-state index contributed by atoms with van der Waals surface area (Å²) in [4.78, 5) is 16.8. The Morgan fingerprint density at radius 1 is 1.14 bits per heavy atom. The number of aromatic amines is 1. The van der Waals surface area contributed by atoms with Gasteiger partial charge in [-0.15, -0.1) is 0 Å². The molecule has 1 aromatic heterocycles. The van der Waals surface area contributed by atoms with E-state index >= 15 is 0 Å². The number of aromatic nitrogens is 3. The van der Waals surface area contributed by atoms with E-state index in [2.05, 4.69) is 30.6 Å². The van der Waals surface area contributed by atoms with Gasteiger partial charge >= 0.3 is 12.6 Å². The van der Waals surface area contributed by atoms with Gasteiger partial charge in [0.15, 0.2) is 17.3 Å². The SMILES string of the molecule is COc1ccc(NC(=O)NC(c2ccccc2)c2n[nH]c(C)n2)cc1OC(F)F. The molecular weight excluding hydrogens is 384 g/mol. The number of hydrogen-bond donors (Lipinski definition) is 3. The minimum atomic E-state index is -3.02. The van der Waals surface area contributed by atoms with Crippen LogP contribution in [-0.4, -0.2) is 34.9 Å². The fourth-order valence-electron chi connectivity index (χ4n) is 2.67. The number of carbonyl (C=O) groups excluding carboxylic acids is 1. The van der Waals surface area contributed by atoms with Crippen molar-refractivity contribution in [1.29, 1.82) is 0 Å². The molecule has 3 rings (SSSR count). The van der Waals surface area contributed by atoms with Crippen molar-refractivity contribution in [2.24, 2.45) is 0 Å². The predicted octanol–water partition coefficient (Wildman–Crippen LogP) is 3.63. The maximum absolute atomic E-state index is 12.6. The van der Waals surface area contributed by atoms with E-state index < -0.39 is 18.7 Å². The first kappa shape index (κ1) is 20.1. The molecule has 0 bridgehead atoms. The number of aryl methyl sites for hydroxylation is 1. The minimum Gasteiger partial charge on any atom is -0.493 e. The summed E-state index contributed by atoms with van der Waals surface area (Å²) in [6, 6.07) is 12.2. The zero-order chi connectivity index (χ0) is 20.8. The van der Waals surface area contributed by atoms with Gasteiger partial charge in [0.25, 0.3) is 0 Å². The number of benzene rings is 2. The van der Waals surface area contributed by atoms with Crippen LogP contribution < -0.4 is 20.1 Å². The van der Waals surface area contributed by atoms with E-state index in [1.165, 1.54) is 25.3 Å². The van der Waals surface area contributed by atoms with Crippen LogP contribution in [0.2, 0.25) is 0 Å². The van der Waals surface area contributed by atoms with Gasteiger partial charge in [0, 0.05) is 11.8 Å². The lowest BCUT2D eigenvalue weighted by Gasteiger charge is -2.17. The lowest BCUT2D eigenvalue weighted by molar-refractivity contribution is -0.0511. The van der Waals surface area contributed by atoms with Crippen LogP contribution in [0.5, 0.6) is 11.5 Å². The van der Waals surface area contributed by atoms with Crippen molar-refractivity contribution in [1.82, 2.24) is 20.5 Å². The molecule has 10 heteroatoms.